The average Bonchev–Trinajstić information content (AvgIpc) is 2.29. The first-order valence-electron chi connectivity index (χ1n) is 4.68. The fourth-order valence-corrected chi connectivity index (χ4v) is 1.70. The number of rotatable bonds is 0. The Balaban J connectivity index is 2.28. The molecule has 0 amide bonds. The highest BCUT2D eigenvalue weighted by atomic mass is 16.5. The Bertz CT molecular complexity index is 525. The zero-order chi connectivity index (χ0) is 10.3. The topological polar surface area (TPSA) is 61.0 Å². The van der Waals surface area contributed by atoms with Gasteiger partial charge in [-0.3, -0.25) is 0 Å². The number of anilines is 1. The molecule has 0 radical (unpaired) electrons. The van der Waals surface area contributed by atoms with Gasteiger partial charge < -0.3 is 10.5 Å². The van der Waals surface area contributed by atoms with Crippen LogP contribution in [-0.4, -0.2) is 9.97 Å². The third kappa shape index (κ3) is 1.22. The molecule has 1 aliphatic heterocycles. The Morgan fingerprint density at radius 2 is 2.13 bits per heavy atom. The lowest BCUT2D eigenvalue weighted by Crippen LogP contribution is -2.09. The molecule has 1 aromatic carbocycles. The Hall–Kier alpha value is -2.10. The predicted molar refractivity (Wildman–Crippen MR) is 56.2 cm³/mol. The Morgan fingerprint density at radius 3 is 3.07 bits per heavy atom. The van der Waals surface area contributed by atoms with Crippen molar-refractivity contribution in [2.75, 3.05) is 5.73 Å². The molecule has 2 heterocycles. The van der Waals surface area contributed by atoms with Crippen molar-refractivity contribution in [3.8, 4) is 17.0 Å². The lowest BCUT2D eigenvalue weighted by molar-refractivity contribution is 0.301. The minimum atomic E-state index is 0.297. The van der Waals surface area contributed by atoms with E-state index in [2.05, 4.69) is 9.97 Å². The van der Waals surface area contributed by atoms with E-state index >= 15 is 0 Å². The van der Waals surface area contributed by atoms with Crippen molar-refractivity contribution in [3.63, 3.8) is 0 Å². The van der Waals surface area contributed by atoms with Gasteiger partial charge in [0.05, 0.1) is 5.69 Å². The molecule has 0 bridgehead atoms. The van der Waals surface area contributed by atoms with Gasteiger partial charge in [0, 0.05) is 17.3 Å². The first-order chi connectivity index (χ1) is 7.34. The van der Waals surface area contributed by atoms with Crippen molar-refractivity contribution < 1.29 is 4.74 Å². The first kappa shape index (κ1) is 8.23. The third-order valence-electron chi connectivity index (χ3n) is 2.41. The van der Waals surface area contributed by atoms with Crippen molar-refractivity contribution >= 4 is 5.95 Å². The number of hydrogen-bond donors (Lipinski definition) is 1. The van der Waals surface area contributed by atoms with Gasteiger partial charge >= 0.3 is 0 Å². The molecule has 0 atom stereocenters. The molecule has 0 spiro atoms. The van der Waals surface area contributed by atoms with Gasteiger partial charge in [0.1, 0.15) is 12.4 Å². The second-order valence-electron chi connectivity index (χ2n) is 3.39. The van der Waals surface area contributed by atoms with Crippen LogP contribution in [0.1, 0.15) is 5.56 Å². The molecule has 4 heteroatoms. The van der Waals surface area contributed by atoms with Crippen molar-refractivity contribution in [2.24, 2.45) is 0 Å². The monoisotopic (exact) mass is 199 g/mol. The van der Waals surface area contributed by atoms with E-state index in [1.54, 1.807) is 6.20 Å². The second-order valence-corrected chi connectivity index (χ2v) is 3.39. The largest absolute Gasteiger partial charge is 0.488 e. The van der Waals surface area contributed by atoms with Crippen LogP contribution in [0.4, 0.5) is 5.95 Å². The molecular formula is C11H9N3O. The molecule has 4 nitrogen and oxygen atoms in total. The summed E-state index contributed by atoms with van der Waals surface area (Å²) in [6.07, 6.45) is 1.72. The van der Waals surface area contributed by atoms with Gasteiger partial charge in [-0.2, -0.15) is 0 Å². The summed E-state index contributed by atoms with van der Waals surface area (Å²) in [6.45, 7) is 0.507. The highest BCUT2D eigenvalue weighted by Crippen LogP contribution is 2.35. The van der Waals surface area contributed by atoms with E-state index in [0.29, 0.717) is 12.6 Å². The molecule has 74 valence electrons. The minimum Gasteiger partial charge on any atom is -0.488 e. The fraction of sp³-hybridized carbons (Fsp3) is 0.0909. The zero-order valence-corrected chi connectivity index (χ0v) is 7.97. The van der Waals surface area contributed by atoms with Gasteiger partial charge in [0.15, 0.2) is 0 Å². The van der Waals surface area contributed by atoms with Crippen LogP contribution in [0, 0.1) is 0 Å². The number of benzene rings is 1. The molecule has 15 heavy (non-hydrogen) atoms. The molecule has 0 aliphatic carbocycles. The van der Waals surface area contributed by atoms with Crippen LogP contribution < -0.4 is 10.5 Å². The summed E-state index contributed by atoms with van der Waals surface area (Å²) in [5.41, 5.74) is 8.41. The number of para-hydroxylation sites is 1. The number of nitrogens with zero attached hydrogens (tertiary/aromatic N) is 2. The smallest absolute Gasteiger partial charge is 0.220 e. The molecular weight excluding hydrogens is 190 g/mol. The van der Waals surface area contributed by atoms with Crippen LogP contribution in [0.5, 0.6) is 5.75 Å². The van der Waals surface area contributed by atoms with Gasteiger partial charge in [0.2, 0.25) is 5.95 Å². The van der Waals surface area contributed by atoms with Gasteiger partial charge in [-0.15, -0.1) is 0 Å². The summed E-state index contributed by atoms with van der Waals surface area (Å²) >= 11 is 0. The Morgan fingerprint density at radius 1 is 1.27 bits per heavy atom. The molecule has 0 saturated carbocycles. The van der Waals surface area contributed by atoms with Gasteiger partial charge in [-0.05, 0) is 12.1 Å². The molecule has 0 fully saturated rings. The zero-order valence-electron chi connectivity index (χ0n) is 7.97. The van der Waals surface area contributed by atoms with Crippen LogP contribution in [0.15, 0.2) is 30.5 Å². The van der Waals surface area contributed by atoms with E-state index in [0.717, 1.165) is 22.6 Å². The maximum absolute atomic E-state index is 5.58. The molecule has 0 saturated heterocycles. The summed E-state index contributed by atoms with van der Waals surface area (Å²) in [5, 5.41) is 0. The van der Waals surface area contributed by atoms with Crippen LogP contribution in [-0.2, 0) is 6.61 Å². The average molecular weight is 199 g/mol. The first-order valence-corrected chi connectivity index (χ1v) is 4.68. The van der Waals surface area contributed by atoms with E-state index in [1.165, 1.54) is 0 Å². The Labute approximate surface area is 86.7 Å². The van der Waals surface area contributed by atoms with Crippen molar-refractivity contribution in [1.29, 1.82) is 0 Å². The standard InChI is InChI=1S/C11H9N3O/c12-11-13-5-7-6-15-9-4-2-1-3-8(9)10(7)14-11/h1-5H,6H2,(H2,12,13,14). The summed E-state index contributed by atoms with van der Waals surface area (Å²) in [5.74, 6) is 1.15. The van der Waals surface area contributed by atoms with Crippen LogP contribution in [0.3, 0.4) is 0 Å². The number of nitrogen functional groups attached to an aromatic ring is 1. The maximum atomic E-state index is 5.58. The van der Waals surface area contributed by atoms with E-state index in [1.807, 2.05) is 24.3 Å². The van der Waals surface area contributed by atoms with E-state index in [-0.39, 0.29) is 0 Å². The summed E-state index contributed by atoms with van der Waals surface area (Å²) < 4.78 is 5.57. The molecule has 3 rings (SSSR count). The van der Waals surface area contributed by atoms with E-state index in [4.69, 9.17) is 10.5 Å². The van der Waals surface area contributed by atoms with Gasteiger partial charge in [-0.25, -0.2) is 9.97 Å². The highest BCUT2D eigenvalue weighted by molar-refractivity contribution is 5.71. The molecule has 1 aromatic heterocycles. The SMILES string of the molecule is Nc1ncc2c(n1)-c1ccccc1OC2. The molecule has 2 aromatic rings. The molecule has 1 aliphatic rings. The molecule has 0 unspecified atom stereocenters. The van der Waals surface area contributed by atoms with Gasteiger partial charge in [0.25, 0.3) is 0 Å². The highest BCUT2D eigenvalue weighted by Gasteiger charge is 2.18. The van der Waals surface area contributed by atoms with Crippen molar-refractivity contribution in [3.05, 3.63) is 36.0 Å². The summed E-state index contributed by atoms with van der Waals surface area (Å²) in [7, 11) is 0. The van der Waals surface area contributed by atoms with Crippen LogP contribution in [0.25, 0.3) is 11.3 Å². The van der Waals surface area contributed by atoms with Crippen molar-refractivity contribution in [1.82, 2.24) is 9.97 Å². The van der Waals surface area contributed by atoms with Crippen molar-refractivity contribution in [2.45, 2.75) is 6.61 Å². The molecule has 2 N–H and O–H groups in total. The van der Waals surface area contributed by atoms with Crippen LogP contribution in [0.2, 0.25) is 0 Å². The van der Waals surface area contributed by atoms with Gasteiger partial charge in [-0.1, -0.05) is 12.1 Å². The minimum absolute atomic E-state index is 0.297. The maximum Gasteiger partial charge on any atom is 0.220 e. The fourth-order valence-electron chi connectivity index (χ4n) is 1.70. The lowest BCUT2D eigenvalue weighted by Gasteiger charge is -2.19. The second kappa shape index (κ2) is 2.95. The van der Waals surface area contributed by atoms with E-state index in [9.17, 15) is 0 Å². The number of nitrogens with two attached hydrogens (primary N) is 1. The quantitative estimate of drug-likeness (QED) is 0.700. The van der Waals surface area contributed by atoms with Crippen LogP contribution >= 0.6 is 0 Å². The Kier molecular flexibility index (Phi) is 1.62. The third-order valence-corrected chi connectivity index (χ3v) is 2.41. The number of ether oxygens (including phenoxy) is 1. The predicted octanol–water partition coefficient (Wildman–Crippen LogP) is 1.62. The number of hydrogen-bond acceptors (Lipinski definition) is 4. The number of fused-ring (bicyclic) bond motifs is 3. The normalized spacial score (nSPS) is 12.5. The summed E-state index contributed by atoms with van der Waals surface area (Å²) in [4.78, 5) is 8.19. The number of aromatic nitrogens is 2. The van der Waals surface area contributed by atoms with E-state index < -0.39 is 0 Å². The summed E-state index contributed by atoms with van der Waals surface area (Å²) in [6, 6.07) is 7.79. The lowest BCUT2D eigenvalue weighted by atomic mass is 10.0.